The van der Waals surface area contributed by atoms with Crippen molar-refractivity contribution in [3.63, 3.8) is 0 Å². The van der Waals surface area contributed by atoms with E-state index in [4.69, 9.17) is 34.6 Å². The third-order valence-electron chi connectivity index (χ3n) is 2.16. The lowest BCUT2D eigenvalue weighted by Crippen LogP contribution is -2.33. The summed E-state index contributed by atoms with van der Waals surface area (Å²) < 4.78 is 15.4. The van der Waals surface area contributed by atoms with E-state index in [1.54, 1.807) is 6.92 Å². The van der Waals surface area contributed by atoms with Crippen molar-refractivity contribution in [2.45, 2.75) is 31.2 Å². The van der Waals surface area contributed by atoms with E-state index >= 15 is 0 Å². The van der Waals surface area contributed by atoms with Gasteiger partial charge >= 0.3 is 5.97 Å². The summed E-state index contributed by atoms with van der Waals surface area (Å²) in [4.78, 5) is 0. The lowest BCUT2D eigenvalue weighted by Gasteiger charge is -2.17. The topological polar surface area (TPSA) is 112 Å². The highest BCUT2D eigenvalue weighted by molar-refractivity contribution is 4.83. The van der Waals surface area contributed by atoms with Gasteiger partial charge in [0.25, 0.3) is 0 Å². The van der Waals surface area contributed by atoms with Gasteiger partial charge in [0.15, 0.2) is 0 Å². The average Bonchev–Trinajstić information content (AvgIpc) is 2.94. The molecule has 1 rings (SSSR count). The average molecular weight is 238 g/mol. The summed E-state index contributed by atoms with van der Waals surface area (Å²) in [5, 5.41) is 35.3. The molecule has 0 radical (unpaired) electrons. The molecule has 1 heterocycles. The molecule has 1 aliphatic rings. The Balaban J connectivity index is 2.29. The van der Waals surface area contributed by atoms with Gasteiger partial charge in [-0.2, -0.15) is 0 Å². The number of rotatable bonds is 8. The molecule has 0 aliphatic carbocycles. The molecule has 0 saturated carbocycles. The number of hydrogen-bond acceptors (Lipinski definition) is 7. The fraction of sp³-hybridized carbons (Fsp3) is 1.00. The third kappa shape index (κ3) is 3.63. The molecule has 0 aromatic carbocycles. The Morgan fingerprint density at radius 3 is 1.75 bits per heavy atom. The maximum Gasteiger partial charge on any atom is 0.311 e. The summed E-state index contributed by atoms with van der Waals surface area (Å²) in [5.74, 6) is -1.27. The Morgan fingerprint density at radius 2 is 1.50 bits per heavy atom. The summed E-state index contributed by atoms with van der Waals surface area (Å²) in [6, 6.07) is 0. The first-order valence-corrected chi connectivity index (χ1v) is 5.07. The molecule has 7 heteroatoms. The molecule has 1 saturated heterocycles. The molecule has 0 amide bonds. The molecule has 1 fully saturated rings. The van der Waals surface area contributed by atoms with Crippen LogP contribution in [-0.2, 0) is 14.2 Å². The fourth-order valence-electron chi connectivity index (χ4n) is 1.09. The summed E-state index contributed by atoms with van der Waals surface area (Å²) in [6.45, 7) is 0.621. The van der Waals surface area contributed by atoms with E-state index in [2.05, 4.69) is 0 Å². The molecular formula is C9H18O7. The number of epoxide rings is 1. The van der Waals surface area contributed by atoms with Gasteiger partial charge in [-0.15, -0.1) is 0 Å². The molecule has 0 aromatic rings. The van der Waals surface area contributed by atoms with Crippen LogP contribution in [0.5, 0.6) is 0 Å². The van der Waals surface area contributed by atoms with Gasteiger partial charge in [-0.1, -0.05) is 0 Å². The van der Waals surface area contributed by atoms with E-state index in [0.717, 1.165) is 0 Å². The molecule has 4 N–H and O–H groups in total. The zero-order valence-electron chi connectivity index (χ0n) is 9.07. The second kappa shape index (κ2) is 5.87. The van der Waals surface area contributed by atoms with E-state index in [1.165, 1.54) is 0 Å². The van der Waals surface area contributed by atoms with Crippen LogP contribution < -0.4 is 0 Å². The molecule has 3 atom stereocenters. The van der Waals surface area contributed by atoms with Gasteiger partial charge < -0.3 is 34.6 Å². The Bertz CT molecular complexity index is 196. The first kappa shape index (κ1) is 13.8. The smallest absolute Gasteiger partial charge is 0.311 e. The second-order valence-corrected chi connectivity index (χ2v) is 3.66. The van der Waals surface area contributed by atoms with Crippen LogP contribution in [-0.4, -0.2) is 71.1 Å². The van der Waals surface area contributed by atoms with Gasteiger partial charge in [0.1, 0.15) is 18.3 Å². The lowest BCUT2D eigenvalue weighted by atomic mass is 10.4. The standard InChI is InChI=1S/C9H18O7/c1-6-9(16-6,14-4-7(12)2-10)15-5-8(13)3-11/h6-8,10-13H,2-5H2,1H3. The van der Waals surface area contributed by atoms with Crippen molar-refractivity contribution < 1.29 is 34.6 Å². The minimum absolute atomic E-state index is 0.129. The third-order valence-corrected chi connectivity index (χ3v) is 2.16. The van der Waals surface area contributed by atoms with Crippen molar-refractivity contribution in [1.29, 1.82) is 0 Å². The fourth-order valence-corrected chi connectivity index (χ4v) is 1.09. The number of hydrogen-bond donors (Lipinski definition) is 4. The van der Waals surface area contributed by atoms with E-state index in [0.29, 0.717) is 0 Å². The van der Waals surface area contributed by atoms with Crippen LogP contribution in [0.1, 0.15) is 6.92 Å². The predicted octanol–water partition coefficient (Wildman–Crippen LogP) is -2.20. The van der Waals surface area contributed by atoms with Crippen LogP contribution in [0.25, 0.3) is 0 Å². The van der Waals surface area contributed by atoms with Crippen molar-refractivity contribution in [1.82, 2.24) is 0 Å². The molecule has 0 spiro atoms. The Morgan fingerprint density at radius 1 is 1.12 bits per heavy atom. The molecule has 3 unspecified atom stereocenters. The summed E-state index contributed by atoms with van der Waals surface area (Å²) >= 11 is 0. The van der Waals surface area contributed by atoms with Crippen LogP contribution in [0.3, 0.4) is 0 Å². The van der Waals surface area contributed by atoms with E-state index < -0.39 is 31.4 Å². The van der Waals surface area contributed by atoms with Crippen LogP contribution >= 0.6 is 0 Å². The van der Waals surface area contributed by atoms with Crippen LogP contribution in [0.4, 0.5) is 0 Å². The van der Waals surface area contributed by atoms with Crippen LogP contribution in [0.15, 0.2) is 0 Å². The molecule has 0 bridgehead atoms. The first-order chi connectivity index (χ1) is 7.54. The van der Waals surface area contributed by atoms with Gasteiger partial charge in [-0.3, -0.25) is 0 Å². The SMILES string of the molecule is CC1OC1(OCC(O)CO)OCC(O)CO. The summed E-state index contributed by atoms with van der Waals surface area (Å²) in [5.41, 5.74) is 0. The quantitative estimate of drug-likeness (QED) is 0.280. The monoisotopic (exact) mass is 238 g/mol. The van der Waals surface area contributed by atoms with Crippen molar-refractivity contribution in [3.8, 4) is 0 Å². The Hall–Kier alpha value is -0.280. The minimum Gasteiger partial charge on any atom is -0.394 e. The molecule has 0 aromatic heterocycles. The molecule has 1 aliphatic heterocycles. The van der Waals surface area contributed by atoms with Crippen molar-refractivity contribution >= 4 is 0 Å². The summed E-state index contributed by atoms with van der Waals surface area (Å²) in [6.07, 6.45) is -2.32. The molecule has 7 nitrogen and oxygen atoms in total. The number of aliphatic hydroxyl groups is 4. The molecule has 96 valence electrons. The number of aliphatic hydroxyl groups excluding tert-OH is 4. The largest absolute Gasteiger partial charge is 0.394 e. The lowest BCUT2D eigenvalue weighted by molar-refractivity contribution is -0.248. The molecular weight excluding hydrogens is 220 g/mol. The maximum absolute atomic E-state index is 9.08. The zero-order valence-corrected chi connectivity index (χ0v) is 9.07. The summed E-state index contributed by atoms with van der Waals surface area (Å²) in [7, 11) is 0. The van der Waals surface area contributed by atoms with Gasteiger partial charge in [-0.25, -0.2) is 0 Å². The van der Waals surface area contributed by atoms with Crippen LogP contribution in [0, 0.1) is 0 Å². The predicted molar refractivity (Wildman–Crippen MR) is 51.4 cm³/mol. The highest BCUT2D eigenvalue weighted by atomic mass is 16.9. The maximum atomic E-state index is 9.08. The van der Waals surface area contributed by atoms with E-state index in [-0.39, 0.29) is 19.3 Å². The highest BCUT2D eigenvalue weighted by Crippen LogP contribution is 2.38. The Labute approximate surface area is 93.2 Å². The van der Waals surface area contributed by atoms with E-state index in [9.17, 15) is 0 Å². The zero-order chi connectivity index (χ0) is 12.2. The molecule has 16 heavy (non-hydrogen) atoms. The highest BCUT2D eigenvalue weighted by Gasteiger charge is 2.58. The minimum atomic E-state index is -1.27. The van der Waals surface area contributed by atoms with Gasteiger partial charge in [-0.05, 0) is 6.92 Å². The van der Waals surface area contributed by atoms with Gasteiger partial charge in [0, 0.05) is 0 Å². The first-order valence-electron chi connectivity index (χ1n) is 5.07. The van der Waals surface area contributed by atoms with Crippen molar-refractivity contribution in [3.05, 3.63) is 0 Å². The number of ether oxygens (including phenoxy) is 3. The van der Waals surface area contributed by atoms with Crippen molar-refractivity contribution in [2.75, 3.05) is 26.4 Å². The van der Waals surface area contributed by atoms with Gasteiger partial charge in [0.05, 0.1) is 26.4 Å². The normalized spacial score (nSPS) is 32.4. The van der Waals surface area contributed by atoms with E-state index in [1.807, 2.05) is 0 Å². The van der Waals surface area contributed by atoms with Crippen molar-refractivity contribution in [2.24, 2.45) is 0 Å². The second-order valence-electron chi connectivity index (χ2n) is 3.66. The Kier molecular flexibility index (Phi) is 5.06. The van der Waals surface area contributed by atoms with Crippen LogP contribution in [0.2, 0.25) is 0 Å². The van der Waals surface area contributed by atoms with Gasteiger partial charge in [0.2, 0.25) is 0 Å².